The molecule has 2 heterocycles. The van der Waals surface area contributed by atoms with Crippen LogP contribution in [0.4, 0.5) is 8.78 Å². The van der Waals surface area contributed by atoms with Crippen molar-refractivity contribution in [1.82, 2.24) is 0 Å². The largest absolute Gasteiger partial charge is 0.394 e. The number of hydrogen-bond acceptors (Lipinski definition) is 14. The lowest BCUT2D eigenvalue weighted by Gasteiger charge is -2.43. The summed E-state index contributed by atoms with van der Waals surface area (Å²) < 4.78 is 55.7. The fourth-order valence-electron chi connectivity index (χ4n) is 5.18. The van der Waals surface area contributed by atoms with Crippen LogP contribution in [0.5, 0.6) is 0 Å². The number of hydrogen-bond donors (Lipinski definition) is 9. The molecule has 14 atom stereocenters. The summed E-state index contributed by atoms with van der Waals surface area (Å²) in [6.45, 7) is -0.989. The van der Waals surface area contributed by atoms with Gasteiger partial charge in [0.2, 0.25) is 0 Å². The summed E-state index contributed by atoms with van der Waals surface area (Å²) >= 11 is 0. The minimum atomic E-state index is -1.57. The van der Waals surface area contributed by atoms with Gasteiger partial charge in [-0.25, -0.2) is 8.78 Å². The quantitative estimate of drug-likeness (QED) is 0.134. The normalized spacial score (nSPS) is 44.2. The van der Waals surface area contributed by atoms with Crippen LogP contribution in [0.25, 0.3) is 0 Å². The van der Waals surface area contributed by atoms with Crippen LogP contribution in [-0.2, 0) is 30.3 Å². The molecule has 2 saturated heterocycles. The average molecular weight is 581 g/mol. The number of aliphatic hydroxyl groups is 5. The van der Waals surface area contributed by atoms with Gasteiger partial charge in [0.15, 0.2) is 24.2 Å². The number of ether oxygens (including phenoxy) is 5. The molecule has 3 fully saturated rings. The highest BCUT2D eigenvalue weighted by Crippen LogP contribution is 2.33. The second-order valence-corrected chi connectivity index (χ2v) is 10.3. The van der Waals surface area contributed by atoms with Gasteiger partial charge < -0.3 is 72.2 Å². The lowest BCUT2D eigenvalue weighted by atomic mass is 9.84. The Bertz CT molecular complexity index is 986. The Morgan fingerprint density at radius 1 is 0.800 bits per heavy atom. The summed E-state index contributed by atoms with van der Waals surface area (Å²) in [6.07, 6.45) is -14.1. The van der Waals surface area contributed by atoms with E-state index < -0.39 is 104 Å². The van der Waals surface area contributed by atoms with Crippen LogP contribution in [0.2, 0.25) is 0 Å². The lowest BCUT2D eigenvalue weighted by molar-refractivity contribution is -0.280. The van der Waals surface area contributed by atoms with Crippen LogP contribution in [0, 0.1) is 11.6 Å². The van der Waals surface area contributed by atoms with Crippen molar-refractivity contribution in [3.05, 3.63) is 35.4 Å². The van der Waals surface area contributed by atoms with Gasteiger partial charge in [-0.05, 0) is 24.1 Å². The fourth-order valence-corrected chi connectivity index (χ4v) is 5.18. The first-order valence-electron chi connectivity index (χ1n) is 12.9. The van der Waals surface area contributed by atoms with E-state index in [0.29, 0.717) is 5.56 Å². The second kappa shape index (κ2) is 13.2. The van der Waals surface area contributed by atoms with E-state index in [1.165, 1.54) is 6.07 Å². The SMILES string of the molecule is NC[C@H]1O[C@@H](O[C@H]2[C@@H](O)[C@H](O[C@@H]3[C@@H](O)[C@H](N)C[C@H](N)[C@H]3OCc3ccc(F)c(F)c3)O[C@@H]2CO)[C@@H](N)[C@H](O)[C@H]1O. The molecular weight excluding hydrogens is 542 g/mol. The number of benzene rings is 1. The molecule has 0 unspecified atom stereocenters. The van der Waals surface area contributed by atoms with Crippen LogP contribution in [-0.4, -0.2) is 124 Å². The van der Waals surface area contributed by atoms with Gasteiger partial charge in [0.1, 0.15) is 48.8 Å². The molecule has 1 aliphatic carbocycles. The highest BCUT2D eigenvalue weighted by molar-refractivity contribution is 5.17. The molecule has 16 heteroatoms. The van der Waals surface area contributed by atoms with Crippen molar-refractivity contribution in [2.75, 3.05) is 13.2 Å². The maximum absolute atomic E-state index is 13.6. The molecule has 0 aromatic heterocycles. The summed E-state index contributed by atoms with van der Waals surface area (Å²) in [4.78, 5) is 0. The van der Waals surface area contributed by atoms with Crippen LogP contribution >= 0.6 is 0 Å². The van der Waals surface area contributed by atoms with Crippen molar-refractivity contribution in [2.24, 2.45) is 22.9 Å². The molecule has 1 aromatic rings. The molecule has 0 bridgehead atoms. The standard InChI is InChI=1S/C24H38F2N4O10/c25-9-2-1-8(3-10(9)26)7-36-20-12(29)4-11(28)16(32)22(20)40-24-19(35)21(14(6-31)38-24)39-23-15(30)18(34)17(33)13(5-27)37-23/h1-3,11-24,31-35H,4-7,27-30H2/t11-,12+,13-,14-,15+,16+,17+,18+,19-,20-,21-,22-,23+,24+/m1/s1. The third-order valence-electron chi connectivity index (χ3n) is 7.53. The van der Waals surface area contributed by atoms with Gasteiger partial charge in [0.25, 0.3) is 0 Å². The van der Waals surface area contributed by atoms with Crippen molar-refractivity contribution in [1.29, 1.82) is 0 Å². The Morgan fingerprint density at radius 3 is 2.12 bits per heavy atom. The molecule has 40 heavy (non-hydrogen) atoms. The third-order valence-corrected chi connectivity index (χ3v) is 7.53. The smallest absolute Gasteiger partial charge is 0.187 e. The van der Waals surface area contributed by atoms with E-state index in [1.54, 1.807) is 0 Å². The van der Waals surface area contributed by atoms with E-state index in [9.17, 15) is 34.3 Å². The molecule has 228 valence electrons. The molecule has 4 rings (SSSR count). The Labute approximate surface area is 228 Å². The van der Waals surface area contributed by atoms with Crippen molar-refractivity contribution >= 4 is 0 Å². The van der Waals surface area contributed by atoms with E-state index in [1.807, 2.05) is 0 Å². The Hall–Kier alpha value is -1.48. The Balaban J connectivity index is 1.47. The van der Waals surface area contributed by atoms with Crippen LogP contribution in [0.3, 0.4) is 0 Å². The van der Waals surface area contributed by atoms with Crippen LogP contribution < -0.4 is 22.9 Å². The zero-order valence-electron chi connectivity index (χ0n) is 21.5. The minimum Gasteiger partial charge on any atom is -0.394 e. The van der Waals surface area contributed by atoms with Gasteiger partial charge in [0.05, 0.1) is 25.4 Å². The molecule has 0 amide bonds. The number of halogens is 2. The van der Waals surface area contributed by atoms with Gasteiger partial charge in [-0.2, -0.15) is 0 Å². The summed E-state index contributed by atoms with van der Waals surface area (Å²) in [5.41, 5.74) is 24.1. The highest BCUT2D eigenvalue weighted by Gasteiger charge is 2.53. The molecule has 1 saturated carbocycles. The number of rotatable bonds is 9. The van der Waals surface area contributed by atoms with E-state index in [-0.39, 0.29) is 19.6 Å². The summed E-state index contributed by atoms with van der Waals surface area (Å²) in [5, 5.41) is 52.1. The van der Waals surface area contributed by atoms with Crippen molar-refractivity contribution < 1.29 is 58.0 Å². The topological polar surface area (TPSA) is 251 Å². The summed E-state index contributed by atoms with van der Waals surface area (Å²) in [5.74, 6) is -2.08. The Morgan fingerprint density at radius 2 is 1.48 bits per heavy atom. The first-order chi connectivity index (χ1) is 19.0. The molecule has 0 spiro atoms. The zero-order valence-corrected chi connectivity index (χ0v) is 21.5. The molecule has 13 N–H and O–H groups in total. The van der Waals surface area contributed by atoms with E-state index >= 15 is 0 Å². The second-order valence-electron chi connectivity index (χ2n) is 10.3. The fraction of sp³-hybridized carbons (Fsp3) is 0.750. The van der Waals surface area contributed by atoms with Crippen molar-refractivity contribution in [3.8, 4) is 0 Å². The predicted octanol–water partition coefficient (Wildman–Crippen LogP) is -4.15. The summed E-state index contributed by atoms with van der Waals surface area (Å²) in [6, 6.07) is 0.436. The molecular formula is C24H38F2N4O10. The molecule has 2 aliphatic heterocycles. The lowest BCUT2D eigenvalue weighted by Crippen LogP contribution is -2.64. The monoisotopic (exact) mass is 580 g/mol. The Kier molecular flexibility index (Phi) is 10.4. The predicted molar refractivity (Wildman–Crippen MR) is 131 cm³/mol. The first kappa shape index (κ1) is 31.5. The number of aliphatic hydroxyl groups excluding tert-OH is 5. The van der Waals surface area contributed by atoms with Gasteiger partial charge in [-0.1, -0.05) is 6.07 Å². The van der Waals surface area contributed by atoms with E-state index in [4.69, 9.17) is 46.6 Å². The molecule has 1 aromatic carbocycles. The van der Waals surface area contributed by atoms with E-state index in [0.717, 1.165) is 12.1 Å². The van der Waals surface area contributed by atoms with Gasteiger partial charge in [0, 0.05) is 18.6 Å². The highest BCUT2D eigenvalue weighted by atomic mass is 19.2. The van der Waals surface area contributed by atoms with Gasteiger partial charge in [-0.15, -0.1) is 0 Å². The molecule has 3 aliphatic rings. The maximum atomic E-state index is 13.6. The van der Waals surface area contributed by atoms with Crippen molar-refractivity contribution in [2.45, 2.75) is 98.7 Å². The third kappa shape index (κ3) is 6.45. The minimum absolute atomic E-state index is 0.149. The van der Waals surface area contributed by atoms with Crippen LogP contribution in [0.1, 0.15) is 12.0 Å². The molecule has 0 radical (unpaired) electrons. The molecule has 14 nitrogen and oxygen atoms in total. The van der Waals surface area contributed by atoms with Gasteiger partial charge >= 0.3 is 0 Å². The maximum Gasteiger partial charge on any atom is 0.187 e. The van der Waals surface area contributed by atoms with Crippen molar-refractivity contribution in [3.63, 3.8) is 0 Å². The van der Waals surface area contributed by atoms with Gasteiger partial charge in [-0.3, -0.25) is 0 Å². The zero-order chi connectivity index (χ0) is 29.3. The van der Waals surface area contributed by atoms with Crippen LogP contribution in [0.15, 0.2) is 18.2 Å². The average Bonchev–Trinajstić information content (AvgIpc) is 3.22. The number of nitrogens with two attached hydrogens (primary N) is 4. The first-order valence-corrected chi connectivity index (χ1v) is 12.9. The van der Waals surface area contributed by atoms with E-state index in [2.05, 4.69) is 0 Å². The summed E-state index contributed by atoms with van der Waals surface area (Å²) in [7, 11) is 0.